The fourth-order valence-electron chi connectivity index (χ4n) is 2.59. The highest BCUT2D eigenvalue weighted by Gasteiger charge is 2.18. The van der Waals surface area contributed by atoms with Crippen molar-refractivity contribution in [3.63, 3.8) is 0 Å². The van der Waals surface area contributed by atoms with E-state index in [0.717, 1.165) is 30.0 Å². The Hall–Kier alpha value is -1.91. The Balaban J connectivity index is 2.13. The first kappa shape index (κ1) is 11.2. The fraction of sp³-hybridized carbons (Fsp3) is 0.462. The number of anilines is 1. The van der Waals surface area contributed by atoms with Gasteiger partial charge in [-0.2, -0.15) is 0 Å². The maximum atomic E-state index is 4.51. The van der Waals surface area contributed by atoms with E-state index in [1.165, 1.54) is 24.2 Å². The van der Waals surface area contributed by atoms with Crippen LogP contribution >= 0.6 is 0 Å². The van der Waals surface area contributed by atoms with Gasteiger partial charge in [0.1, 0.15) is 24.3 Å². The van der Waals surface area contributed by atoms with Crippen LogP contribution in [0.2, 0.25) is 0 Å². The molecule has 0 aliphatic heterocycles. The van der Waals surface area contributed by atoms with Crippen molar-refractivity contribution in [1.29, 1.82) is 0 Å². The van der Waals surface area contributed by atoms with Gasteiger partial charge in [0.15, 0.2) is 0 Å². The minimum Gasteiger partial charge on any atom is -0.373 e. The second kappa shape index (κ2) is 4.40. The maximum Gasteiger partial charge on any atom is 0.146 e. The summed E-state index contributed by atoms with van der Waals surface area (Å²) in [7, 11) is 1.88. The van der Waals surface area contributed by atoms with Gasteiger partial charge in [0.25, 0.3) is 0 Å². The second-order valence-corrected chi connectivity index (χ2v) is 4.64. The van der Waals surface area contributed by atoms with E-state index in [-0.39, 0.29) is 0 Å². The number of aryl methyl sites for hydroxylation is 1. The fourth-order valence-corrected chi connectivity index (χ4v) is 2.59. The van der Waals surface area contributed by atoms with Crippen molar-refractivity contribution in [2.45, 2.75) is 32.6 Å². The molecule has 1 aliphatic carbocycles. The zero-order chi connectivity index (χ0) is 12.5. The predicted octanol–water partition coefficient (Wildman–Crippen LogP) is 1.89. The van der Waals surface area contributed by atoms with Gasteiger partial charge in [0.05, 0.1) is 5.69 Å². The molecule has 0 saturated heterocycles. The summed E-state index contributed by atoms with van der Waals surface area (Å²) in [6, 6.07) is 0. The van der Waals surface area contributed by atoms with Gasteiger partial charge in [-0.3, -0.25) is 4.57 Å². The molecule has 0 unspecified atom stereocenters. The van der Waals surface area contributed by atoms with Crippen LogP contribution in [0.15, 0.2) is 12.7 Å². The highest BCUT2D eigenvalue weighted by molar-refractivity contribution is 5.51. The van der Waals surface area contributed by atoms with Crippen LogP contribution < -0.4 is 5.32 Å². The maximum absolute atomic E-state index is 4.51. The van der Waals surface area contributed by atoms with Gasteiger partial charge in [-0.1, -0.05) is 0 Å². The number of imidazole rings is 1. The highest BCUT2D eigenvalue weighted by atomic mass is 15.1. The lowest BCUT2D eigenvalue weighted by Gasteiger charge is -2.15. The minimum absolute atomic E-state index is 0.873. The Labute approximate surface area is 106 Å². The van der Waals surface area contributed by atoms with Crippen LogP contribution in [0.5, 0.6) is 0 Å². The number of nitrogens with one attached hydrogen (secondary N) is 1. The summed E-state index contributed by atoms with van der Waals surface area (Å²) in [4.78, 5) is 13.1. The van der Waals surface area contributed by atoms with Crippen LogP contribution in [0, 0.1) is 6.92 Å². The molecule has 2 heterocycles. The van der Waals surface area contributed by atoms with E-state index in [2.05, 4.69) is 24.8 Å². The molecule has 5 nitrogen and oxygen atoms in total. The highest BCUT2D eigenvalue weighted by Crippen LogP contribution is 2.25. The molecule has 0 fully saturated rings. The molecule has 0 atom stereocenters. The van der Waals surface area contributed by atoms with Crippen LogP contribution in [-0.2, 0) is 12.8 Å². The smallest absolute Gasteiger partial charge is 0.146 e. The quantitative estimate of drug-likeness (QED) is 0.875. The van der Waals surface area contributed by atoms with Crippen LogP contribution in [0.25, 0.3) is 5.82 Å². The summed E-state index contributed by atoms with van der Waals surface area (Å²) in [6.45, 7) is 2.04. The van der Waals surface area contributed by atoms with E-state index >= 15 is 0 Å². The van der Waals surface area contributed by atoms with Crippen molar-refractivity contribution < 1.29 is 0 Å². The summed E-state index contributed by atoms with van der Waals surface area (Å²) in [6.07, 6.45) is 8.16. The SMILES string of the molecule is CNc1ncnc(-n2cnc3c2CCCC3)c1C. The summed E-state index contributed by atoms with van der Waals surface area (Å²) < 4.78 is 2.12. The average Bonchev–Trinajstić information content (AvgIpc) is 2.83. The molecular weight excluding hydrogens is 226 g/mol. The van der Waals surface area contributed by atoms with Crippen molar-refractivity contribution in [2.75, 3.05) is 12.4 Å². The average molecular weight is 243 g/mol. The van der Waals surface area contributed by atoms with Gasteiger partial charge in [-0.15, -0.1) is 0 Å². The first-order chi connectivity index (χ1) is 8.81. The molecule has 5 heteroatoms. The lowest BCUT2D eigenvalue weighted by atomic mass is 10.0. The molecule has 1 N–H and O–H groups in total. The number of rotatable bonds is 2. The van der Waals surface area contributed by atoms with Crippen molar-refractivity contribution in [2.24, 2.45) is 0 Å². The molecule has 94 valence electrons. The van der Waals surface area contributed by atoms with Gasteiger partial charge in [-0.25, -0.2) is 15.0 Å². The van der Waals surface area contributed by atoms with Gasteiger partial charge >= 0.3 is 0 Å². The molecule has 0 amide bonds. The van der Waals surface area contributed by atoms with E-state index in [4.69, 9.17) is 0 Å². The Morgan fingerprint density at radius 3 is 2.83 bits per heavy atom. The molecule has 0 saturated carbocycles. The summed E-state index contributed by atoms with van der Waals surface area (Å²) in [5.74, 6) is 1.81. The van der Waals surface area contributed by atoms with E-state index in [1.54, 1.807) is 6.33 Å². The third kappa shape index (κ3) is 1.66. The molecule has 0 radical (unpaired) electrons. The van der Waals surface area contributed by atoms with E-state index in [9.17, 15) is 0 Å². The van der Waals surface area contributed by atoms with Gasteiger partial charge in [0, 0.05) is 18.3 Å². The standard InChI is InChI=1S/C13H17N5/c1-9-12(14-2)15-7-16-13(9)18-8-17-10-5-3-4-6-11(10)18/h7-8H,3-6H2,1-2H3,(H,14,15,16). The van der Waals surface area contributed by atoms with E-state index < -0.39 is 0 Å². The predicted molar refractivity (Wildman–Crippen MR) is 70.1 cm³/mol. The largest absolute Gasteiger partial charge is 0.373 e. The van der Waals surface area contributed by atoms with Crippen LogP contribution in [0.4, 0.5) is 5.82 Å². The molecule has 2 aromatic heterocycles. The van der Waals surface area contributed by atoms with Crippen molar-refractivity contribution in [3.05, 3.63) is 29.6 Å². The molecule has 1 aliphatic rings. The van der Waals surface area contributed by atoms with Gasteiger partial charge in [-0.05, 0) is 32.6 Å². The third-order valence-electron chi connectivity index (χ3n) is 3.55. The van der Waals surface area contributed by atoms with Crippen LogP contribution in [0.3, 0.4) is 0 Å². The Kier molecular flexibility index (Phi) is 2.74. The third-order valence-corrected chi connectivity index (χ3v) is 3.55. The van der Waals surface area contributed by atoms with Gasteiger partial charge in [0.2, 0.25) is 0 Å². The minimum atomic E-state index is 0.873. The Morgan fingerprint density at radius 2 is 2.00 bits per heavy atom. The van der Waals surface area contributed by atoms with E-state index in [1.807, 2.05) is 20.3 Å². The normalized spacial score (nSPS) is 14.3. The van der Waals surface area contributed by atoms with Crippen molar-refractivity contribution in [1.82, 2.24) is 19.5 Å². The van der Waals surface area contributed by atoms with Gasteiger partial charge < -0.3 is 5.32 Å². The van der Waals surface area contributed by atoms with Crippen LogP contribution in [-0.4, -0.2) is 26.6 Å². The zero-order valence-corrected chi connectivity index (χ0v) is 10.8. The van der Waals surface area contributed by atoms with Crippen LogP contribution in [0.1, 0.15) is 29.8 Å². The summed E-state index contributed by atoms with van der Waals surface area (Å²) >= 11 is 0. The number of fused-ring (bicyclic) bond motifs is 1. The Bertz CT molecular complexity index is 573. The molecule has 0 bridgehead atoms. The summed E-state index contributed by atoms with van der Waals surface area (Å²) in [5, 5.41) is 3.09. The lowest BCUT2D eigenvalue weighted by Crippen LogP contribution is -2.10. The van der Waals surface area contributed by atoms with Crippen molar-refractivity contribution >= 4 is 5.82 Å². The zero-order valence-electron chi connectivity index (χ0n) is 10.8. The molecule has 2 aromatic rings. The first-order valence-electron chi connectivity index (χ1n) is 6.36. The number of hydrogen-bond donors (Lipinski definition) is 1. The molecule has 3 rings (SSSR count). The molecule has 0 spiro atoms. The topological polar surface area (TPSA) is 55.6 Å². The number of nitrogens with zero attached hydrogens (tertiary/aromatic N) is 4. The lowest BCUT2D eigenvalue weighted by molar-refractivity contribution is 0.653. The monoisotopic (exact) mass is 243 g/mol. The van der Waals surface area contributed by atoms with E-state index in [0.29, 0.717) is 0 Å². The number of aromatic nitrogens is 4. The summed E-state index contributed by atoms with van der Waals surface area (Å²) in [5.41, 5.74) is 3.60. The second-order valence-electron chi connectivity index (χ2n) is 4.64. The Morgan fingerprint density at radius 1 is 1.17 bits per heavy atom. The molecule has 0 aromatic carbocycles. The molecule has 18 heavy (non-hydrogen) atoms. The number of hydrogen-bond acceptors (Lipinski definition) is 4. The van der Waals surface area contributed by atoms with Crippen molar-refractivity contribution in [3.8, 4) is 5.82 Å². The first-order valence-corrected chi connectivity index (χ1v) is 6.36. The molecular formula is C13H17N5.